The van der Waals surface area contributed by atoms with Gasteiger partial charge in [-0.1, -0.05) is 42.2 Å². The van der Waals surface area contributed by atoms with Gasteiger partial charge in [0.25, 0.3) is 5.91 Å². The van der Waals surface area contributed by atoms with E-state index in [4.69, 9.17) is 17.3 Å². The van der Waals surface area contributed by atoms with Gasteiger partial charge in [-0.3, -0.25) is 9.69 Å². The van der Waals surface area contributed by atoms with Gasteiger partial charge in [0.1, 0.15) is 0 Å². The molecule has 9 heteroatoms. The number of amides is 1. The molecule has 27 heavy (non-hydrogen) atoms. The number of carboxylic acids is 1. The van der Waals surface area contributed by atoms with E-state index in [1.165, 1.54) is 18.2 Å². The van der Waals surface area contributed by atoms with E-state index in [9.17, 15) is 22.8 Å². The van der Waals surface area contributed by atoms with Gasteiger partial charge in [-0.2, -0.15) is 13.2 Å². The molecule has 1 aromatic rings. The van der Waals surface area contributed by atoms with Crippen LogP contribution in [0.2, 0.25) is 0 Å². The van der Waals surface area contributed by atoms with Crippen molar-refractivity contribution in [1.29, 1.82) is 0 Å². The second-order valence-electron chi connectivity index (χ2n) is 5.78. The molecule has 1 heterocycles. The van der Waals surface area contributed by atoms with E-state index >= 15 is 0 Å². The van der Waals surface area contributed by atoms with E-state index in [-0.39, 0.29) is 33.3 Å². The highest BCUT2D eigenvalue weighted by molar-refractivity contribution is 8.26. The minimum atomic E-state index is -4.48. The molecule has 0 aromatic heterocycles. The number of carbonyl (C=O) groups excluding carboxylic acids is 1. The van der Waals surface area contributed by atoms with Gasteiger partial charge in [0, 0.05) is 5.70 Å². The van der Waals surface area contributed by atoms with Crippen LogP contribution in [0.3, 0.4) is 0 Å². The first-order chi connectivity index (χ1) is 12.7. The molecule has 0 atom stereocenters. The average Bonchev–Trinajstić information content (AvgIpc) is 2.88. The lowest BCUT2D eigenvalue weighted by Gasteiger charge is -2.22. The van der Waals surface area contributed by atoms with Gasteiger partial charge in [0.15, 0.2) is 4.32 Å². The number of rotatable bonds is 3. The lowest BCUT2D eigenvalue weighted by atomic mass is 10.0. The smallest absolute Gasteiger partial charge is 0.416 e. The number of aromatic carboxylic acids is 1. The van der Waals surface area contributed by atoms with E-state index in [0.29, 0.717) is 5.56 Å². The highest BCUT2D eigenvalue weighted by Crippen LogP contribution is 2.39. The van der Waals surface area contributed by atoms with E-state index < -0.39 is 23.6 Å². The second-order valence-corrected chi connectivity index (χ2v) is 7.45. The SMILES string of the molecule is O=C(O)c1ccc(/C=C2\SC(=S)N(C3=CC(C(F)(F)F)=CCC3)C2=O)cc1. The molecular weight excluding hydrogens is 399 g/mol. The fourth-order valence-electron chi connectivity index (χ4n) is 2.65. The topological polar surface area (TPSA) is 57.6 Å². The van der Waals surface area contributed by atoms with Gasteiger partial charge < -0.3 is 5.11 Å². The first-order valence-electron chi connectivity index (χ1n) is 7.76. The van der Waals surface area contributed by atoms with Gasteiger partial charge >= 0.3 is 12.1 Å². The zero-order chi connectivity index (χ0) is 19.8. The van der Waals surface area contributed by atoms with Crippen LogP contribution in [0.4, 0.5) is 13.2 Å². The molecule has 1 aliphatic carbocycles. The van der Waals surface area contributed by atoms with Crippen molar-refractivity contribution < 1.29 is 27.9 Å². The molecule has 1 amide bonds. The summed E-state index contributed by atoms with van der Waals surface area (Å²) in [6.45, 7) is 0. The molecule has 0 radical (unpaired) electrons. The first-order valence-corrected chi connectivity index (χ1v) is 8.98. The molecule has 1 saturated heterocycles. The lowest BCUT2D eigenvalue weighted by molar-refractivity contribution is -0.121. The summed E-state index contributed by atoms with van der Waals surface area (Å²) in [7, 11) is 0. The molecule has 2 aliphatic rings. The number of hydrogen-bond acceptors (Lipinski definition) is 4. The molecule has 140 valence electrons. The Morgan fingerprint density at radius 3 is 2.52 bits per heavy atom. The monoisotopic (exact) mass is 411 g/mol. The number of allylic oxidation sites excluding steroid dienone is 4. The number of alkyl halides is 3. The van der Waals surface area contributed by atoms with Crippen molar-refractivity contribution in [2.24, 2.45) is 0 Å². The fraction of sp³-hybridized carbons (Fsp3) is 0.167. The summed E-state index contributed by atoms with van der Waals surface area (Å²) < 4.78 is 39.0. The Morgan fingerprint density at radius 1 is 1.26 bits per heavy atom. The van der Waals surface area contributed by atoms with Crippen LogP contribution >= 0.6 is 24.0 Å². The summed E-state index contributed by atoms with van der Waals surface area (Å²) in [5.41, 5.74) is 0.135. The number of carboxylic acid groups (broad SMARTS) is 1. The highest BCUT2D eigenvalue weighted by Gasteiger charge is 2.38. The number of benzene rings is 1. The Morgan fingerprint density at radius 2 is 1.93 bits per heavy atom. The summed E-state index contributed by atoms with van der Waals surface area (Å²) >= 11 is 6.19. The molecule has 3 rings (SSSR count). The Labute approximate surface area is 162 Å². The molecule has 4 nitrogen and oxygen atoms in total. The van der Waals surface area contributed by atoms with Crippen molar-refractivity contribution in [2.45, 2.75) is 19.0 Å². The Hall–Kier alpha value is -2.39. The van der Waals surface area contributed by atoms with Crippen LogP contribution in [0.25, 0.3) is 6.08 Å². The number of carbonyl (C=O) groups is 2. The van der Waals surface area contributed by atoms with Crippen molar-refractivity contribution in [1.82, 2.24) is 4.90 Å². The standard InChI is InChI=1S/C18H12F3NO3S2/c19-18(20,21)12-2-1-3-13(9-12)22-15(23)14(27-17(22)26)8-10-4-6-11(7-5-10)16(24)25/h2,4-9H,1,3H2,(H,24,25)/b14-8-. The van der Waals surface area contributed by atoms with Crippen LogP contribution in [0.15, 0.2) is 52.6 Å². The maximum atomic E-state index is 12.9. The molecule has 1 aromatic carbocycles. The molecule has 1 aliphatic heterocycles. The van der Waals surface area contributed by atoms with Crippen molar-refractivity contribution in [2.75, 3.05) is 0 Å². The molecule has 0 spiro atoms. The maximum absolute atomic E-state index is 12.9. The quantitative estimate of drug-likeness (QED) is 0.575. The van der Waals surface area contributed by atoms with Gasteiger partial charge in [0.2, 0.25) is 0 Å². The summed E-state index contributed by atoms with van der Waals surface area (Å²) in [4.78, 5) is 24.9. The molecule has 0 saturated carbocycles. The van der Waals surface area contributed by atoms with Crippen molar-refractivity contribution in [3.63, 3.8) is 0 Å². The molecular formula is C18H12F3NO3S2. The van der Waals surface area contributed by atoms with Crippen LogP contribution in [0, 0.1) is 0 Å². The zero-order valence-electron chi connectivity index (χ0n) is 13.6. The lowest BCUT2D eigenvalue weighted by Crippen LogP contribution is -2.29. The minimum absolute atomic E-state index is 0.110. The van der Waals surface area contributed by atoms with E-state index in [1.807, 2.05) is 0 Å². The first kappa shape index (κ1) is 19.4. The van der Waals surface area contributed by atoms with Crippen LogP contribution in [0.1, 0.15) is 28.8 Å². The number of nitrogens with zero attached hydrogens (tertiary/aromatic N) is 1. The number of halogens is 3. The van der Waals surface area contributed by atoms with Crippen LogP contribution in [0.5, 0.6) is 0 Å². The summed E-state index contributed by atoms with van der Waals surface area (Å²) in [6.07, 6.45) is -0.428. The van der Waals surface area contributed by atoms with Crippen molar-refractivity contribution in [3.05, 3.63) is 63.7 Å². The fourth-order valence-corrected chi connectivity index (χ4v) is 3.97. The average molecular weight is 411 g/mol. The van der Waals surface area contributed by atoms with Crippen molar-refractivity contribution >= 4 is 46.3 Å². The third-order valence-electron chi connectivity index (χ3n) is 3.95. The summed E-state index contributed by atoms with van der Waals surface area (Å²) in [5.74, 6) is -1.55. The van der Waals surface area contributed by atoms with E-state index in [1.54, 1.807) is 12.1 Å². The third kappa shape index (κ3) is 4.14. The van der Waals surface area contributed by atoms with Crippen LogP contribution < -0.4 is 0 Å². The van der Waals surface area contributed by atoms with Crippen LogP contribution in [-0.4, -0.2) is 32.4 Å². The van der Waals surface area contributed by atoms with Gasteiger partial charge in [-0.15, -0.1) is 0 Å². The Kier molecular flexibility index (Phi) is 5.25. The number of thiocarbonyl (C=S) groups is 1. The van der Waals surface area contributed by atoms with Gasteiger partial charge in [-0.05, 0) is 42.7 Å². The van der Waals surface area contributed by atoms with E-state index in [2.05, 4.69) is 0 Å². The normalized spacial score (nSPS) is 19.4. The minimum Gasteiger partial charge on any atom is -0.478 e. The predicted octanol–water partition coefficient (Wildman–Crippen LogP) is 4.75. The summed E-state index contributed by atoms with van der Waals surface area (Å²) in [5, 5.41) is 8.91. The second kappa shape index (κ2) is 7.32. The summed E-state index contributed by atoms with van der Waals surface area (Å²) in [6, 6.07) is 5.89. The Bertz CT molecular complexity index is 915. The van der Waals surface area contributed by atoms with Gasteiger partial charge in [-0.25, -0.2) is 4.79 Å². The number of thioether (sulfide) groups is 1. The molecule has 1 N–H and O–H groups in total. The van der Waals surface area contributed by atoms with Crippen LogP contribution in [-0.2, 0) is 4.79 Å². The van der Waals surface area contributed by atoms with Crippen molar-refractivity contribution in [3.8, 4) is 0 Å². The molecule has 0 bridgehead atoms. The number of hydrogen-bond donors (Lipinski definition) is 1. The highest BCUT2D eigenvalue weighted by atomic mass is 32.2. The zero-order valence-corrected chi connectivity index (χ0v) is 15.2. The predicted molar refractivity (Wildman–Crippen MR) is 99.9 cm³/mol. The van der Waals surface area contributed by atoms with E-state index in [0.717, 1.165) is 28.8 Å². The largest absolute Gasteiger partial charge is 0.478 e. The molecule has 1 fully saturated rings. The van der Waals surface area contributed by atoms with Gasteiger partial charge in [0.05, 0.1) is 16.0 Å². The Balaban J connectivity index is 1.86. The third-order valence-corrected chi connectivity index (χ3v) is 5.25. The maximum Gasteiger partial charge on any atom is 0.416 e. The molecule has 0 unspecified atom stereocenters.